The van der Waals surface area contributed by atoms with Crippen LogP contribution in [0.1, 0.15) is 62.9 Å². The molecule has 3 nitrogen and oxygen atoms in total. The molecule has 19 heavy (non-hydrogen) atoms. The van der Waals surface area contributed by atoms with Crippen molar-refractivity contribution in [3.8, 4) is 0 Å². The highest BCUT2D eigenvalue weighted by Gasteiger charge is 2.29. The molecule has 0 radical (unpaired) electrons. The van der Waals surface area contributed by atoms with Gasteiger partial charge in [-0.1, -0.05) is 31.4 Å². The number of Topliss-reactive ketones (excluding diaryl/α,β-unsaturated/α-hetero) is 1. The first-order valence-corrected chi connectivity index (χ1v) is 7.80. The first-order chi connectivity index (χ1) is 9.17. The zero-order valence-electron chi connectivity index (χ0n) is 11.9. The minimum atomic E-state index is 0.146. The number of ketones is 1. The van der Waals surface area contributed by atoms with E-state index in [9.17, 15) is 4.79 Å². The van der Waals surface area contributed by atoms with Crippen LogP contribution in [0.2, 0.25) is 5.02 Å². The summed E-state index contributed by atoms with van der Waals surface area (Å²) in [6.45, 7) is 4.91. The summed E-state index contributed by atoms with van der Waals surface area (Å²) in [5.41, 5.74) is 0.614. The molecular weight excluding hydrogens is 260 g/mol. The quantitative estimate of drug-likeness (QED) is 0.753. The Morgan fingerprint density at radius 1 is 1.37 bits per heavy atom. The molecule has 0 saturated heterocycles. The Balaban J connectivity index is 2.03. The van der Waals surface area contributed by atoms with E-state index in [1.807, 2.05) is 6.92 Å². The van der Waals surface area contributed by atoms with Crippen LogP contribution in [0.25, 0.3) is 0 Å². The van der Waals surface area contributed by atoms with Gasteiger partial charge in [0.2, 0.25) is 0 Å². The van der Waals surface area contributed by atoms with Crippen LogP contribution in [0, 0.1) is 11.8 Å². The third-order valence-electron chi connectivity index (χ3n) is 4.24. The fraction of sp³-hybridized carbons (Fsp3) is 0.733. The highest BCUT2D eigenvalue weighted by molar-refractivity contribution is 6.33. The zero-order valence-corrected chi connectivity index (χ0v) is 12.6. The molecule has 1 fully saturated rings. The maximum Gasteiger partial charge on any atom is 0.185 e. The second-order valence-corrected chi connectivity index (χ2v) is 5.93. The molecule has 1 aromatic heterocycles. The topological polar surface area (TPSA) is 34.9 Å². The van der Waals surface area contributed by atoms with Gasteiger partial charge in [0.1, 0.15) is 5.69 Å². The summed E-state index contributed by atoms with van der Waals surface area (Å²) in [5, 5.41) is 4.66. The lowest BCUT2D eigenvalue weighted by atomic mass is 9.78. The van der Waals surface area contributed by atoms with Gasteiger partial charge in [0.15, 0.2) is 5.78 Å². The molecule has 1 aliphatic rings. The molecule has 106 valence electrons. The maximum absolute atomic E-state index is 12.6. The van der Waals surface area contributed by atoms with Gasteiger partial charge in [-0.15, -0.1) is 0 Å². The molecule has 0 aliphatic heterocycles. The number of nitrogens with zero attached hydrogens (tertiary/aromatic N) is 2. The molecule has 4 heteroatoms. The van der Waals surface area contributed by atoms with E-state index in [1.165, 1.54) is 25.7 Å². The van der Waals surface area contributed by atoms with Crippen LogP contribution in [0.3, 0.4) is 0 Å². The highest BCUT2D eigenvalue weighted by Crippen LogP contribution is 2.34. The van der Waals surface area contributed by atoms with Gasteiger partial charge < -0.3 is 0 Å². The third-order valence-corrected chi connectivity index (χ3v) is 4.52. The first kappa shape index (κ1) is 14.6. The summed E-state index contributed by atoms with van der Waals surface area (Å²) in [6.07, 6.45) is 8.51. The molecule has 1 aliphatic carbocycles. The molecule has 0 aromatic carbocycles. The average Bonchev–Trinajstić information content (AvgIpc) is 2.80. The number of carbonyl (C=O) groups excluding carboxylic acids is 1. The standard InChI is InChI=1S/C15H23ClN2O/c1-3-5-11-6-8-12(9-7-11)15(19)14-13(16)10-17-18(14)4-2/h10-12H,3-9H2,1-2H3. The molecule has 0 unspecified atom stereocenters. The molecule has 0 bridgehead atoms. The molecule has 1 saturated carbocycles. The predicted molar refractivity (Wildman–Crippen MR) is 77.6 cm³/mol. The van der Waals surface area contributed by atoms with Crippen LogP contribution in [-0.2, 0) is 6.54 Å². The second-order valence-electron chi connectivity index (χ2n) is 5.53. The van der Waals surface area contributed by atoms with E-state index in [1.54, 1.807) is 10.9 Å². The van der Waals surface area contributed by atoms with Crippen molar-refractivity contribution in [2.75, 3.05) is 0 Å². The van der Waals surface area contributed by atoms with Gasteiger partial charge in [-0.3, -0.25) is 9.48 Å². The van der Waals surface area contributed by atoms with Gasteiger partial charge >= 0.3 is 0 Å². The van der Waals surface area contributed by atoms with Crippen molar-refractivity contribution in [1.82, 2.24) is 9.78 Å². The Hall–Kier alpha value is -0.830. The fourth-order valence-corrected chi connectivity index (χ4v) is 3.40. The smallest absolute Gasteiger partial charge is 0.185 e. The molecular formula is C15H23ClN2O. The number of hydrogen-bond acceptors (Lipinski definition) is 2. The maximum atomic E-state index is 12.6. The van der Waals surface area contributed by atoms with E-state index < -0.39 is 0 Å². The third kappa shape index (κ3) is 3.19. The minimum Gasteiger partial charge on any atom is -0.292 e. The van der Waals surface area contributed by atoms with Gasteiger partial charge in [-0.05, 0) is 38.5 Å². The monoisotopic (exact) mass is 282 g/mol. The van der Waals surface area contributed by atoms with Crippen molar-refractivity contribution in [2.24, 2.45) is 11.8 Å². The van der Waals surface area contributed by atoms with E-state index >= 15 is 0 Å². The van der Waals surface area contributed by atoms with Crippen molar-refractivity contribution in [3.63, 3.8) is 0 Å². The van der Waals surface area contributed by atoms with Crippen molar-refractivity contribution in [2.45, 2.75) is 58.9 Å². The molecule has 1 heterocycles. The number of aryl methyl sites for hydroxylation is 1. The Morgan fingerprint density at radius 3 is 2.63 bits per heavy atom. The normalized spacial score (nSPS) is 23.5. The van der Waals surface area contributed by atoms with Crippen LogP contribution < -0.4 is 0 Å². The lowest BCUT2D eigenvalue weighted by Gasteiger charge is -2.27. The number of hydrogen-bond donors (Lipinski definition) is 0. The van der Waals surface area contributed by atoms with E-state index in [0.29, 0.717) is 17.3 Å². The number of rotatable bonds is 5. The summed E-state index contributed by atoms with van der Waals surface area (Å²) in [6, 6.07) is 0. The fourth-order valence-electron chi connectivity index (χ4n) is 3.16. The van der Waals surface area contributed by atoms with Crippen molar-refractivity contribution < 1.29 is 4.79 Å². The summed E-state index contributed by atoms with van der Waals surface area (Å²) < 4.78 is 1.72. The molecule has 0 amide bonds. The van der Waals surface area contributed by atoms with E-state index in [-0.39, 0.29) is 11.7 Å². The predicted octanol–water partition coefficient (Wildman–Crippen LogP) is 4.35. The van der Waals surface area contributed by atoms with Crippen LogP contribution >= 0.6 is 11.6 Å². The lowest BCUT2D eigenvalue weighted by Crippen LogP contribution is -2.24. The first-order valence-electron chi connectivity index (χ1n) is 7.42. The Labute approximate surface area is 120 Å². The van der Waals surface area contributed by atoms with Crippen LogP contribution in [-0.4, -0.2) is 15.6 Å². The summed E-state index contributed by atoms with van der Waals surface area (Å²) >= 11 is 6.11. The highest BCUT2D eigenvalue weighted by atomic mass is 35.5. The second kappa shape index (κ2) is 6.56. The average molecular weight is 283 g/mol. The SMILES string of the molecule is CCCC1CCC(C(=O)c2c(Cl)cnn2CC)CC1. The Bertz CT molecular complexity index is 433. The van der Waals surface area contributed by atoms with Crippen LogP contribution in [0.5, 0.6) is 0 Å². The van der Waals surface area contributed by atoms with Crippen LogP contribution in [0.15, 0.2) is 6.20 Å². The zero-order chi connectivity index (χ0) is 13.8. The molecule has 0 spiro atoms. The van der Waals surface area contributed by atoms with Crippen molar-refractivity contribution >= 4 is 17.4 Å². The largest absolute Gasteiger partial charge is 0.292 e. The number of aromatic nitrogens is 2. The van der Waals surface area contributed by atoms with Gasteiger partial charge in [0, 0.05) is 12.5 Å². The molecule has 0 atom stereocenters. The van der Waals surface area contributed by atoms with E-state index in [2.05, 4.69) is 12.0 Å². The lowest BCUT2D eigenvalue weighted by molar-refractivity contribution is 0.0859. The Morgan fingerprint density at radius 2 is 2.05 bits per heavy atom. The summed E-state index contributed by atoms with van der Waals surface area (Å²) in [4.78, 5) is 12.6. The Kier molecular flexibility index (Phi) is 5.03. The minimum absolute atomic E-state index is 0.146. The van der Waals surface area contributed by atoms with Gasteiger partial charge in [-0.2, -0.15) is 5.10 Å². The molecule has 2 rings (SSSR count). The van der Waals surface area contributed by atoms with Crippen molar-refractivity contribution in [1.29, 1.82) is 0 Å². The number of halogens is 1. The molecule has 1 aromatic rings. The number of carbonyl (C=O) groups is 1. The van der Waals surface area contributed by atoms with E-state index in [4.69, 9.17) is 11.6 Å². The summed E-state index contributed by atoms with van der Waals surface area (Å²) in [5.74, 6) is 1.16. The van der Waals surface area contributed by atoms with E-state index in [0.717, 1.165) is 18.8 Å². The van der Waals surface area contributed by atoms with Crippen LogP contribution in [0.4, 0.5) is 0 Å². The molecule has 0 N–H and O–H groups in total. The van der Waals surface area contributed by atoms with Gasteiger partial charge in [0.05, 0.1) is 11.2 Å². The summed E-state index contributed by atoms with van der Waals surface area (Å²) in [7, 11) is 0. The van der Waals surface area contributed by atoms with Gasteiger partial charge in [-0.25, -0.2) is 0 Å². The van der Waals surface area contributed by atoms with Gasteiger partial charge in [0.25, 0.3) is 0 Å². The van der Waals surface area contributed by atoms with Crippen molar-refractivity contribution in [3.05, 3.63) is 16.9 Å².